The van der Waals surface area contributed by atoms with E-state index in [1.54, 1.807) is 43.6 Å². The summed E-state index contributed by atoms with van der Waals surface area (Å²) in [7, 11) is 3.04. The lowest BCUT2D eigenvalue weighted by Gasteiger charge is -2.14. The molecule has 0 radical (unpaired) electrons. The first-order valence-electron chi connectivity index (χ1n) is 10.5. The van der Waals surface area contributed by atoms with Crippen molar-refractivity contribution in [1.82, 2.24) is 15.8 Å². The summed E-state index contributed by atoms with van der Waals surface area (Å²) < 4.78 is 11.5. The molecular formula is C24H28N4O5. The SMILES string of the molecule is CNC(=O)Nc1ccc(Oc2ccnc3cc(OC)c(C(=O)NOCC(C)C)cc23)cc1C. The molecule has 174 valence electrons. The molecule has 0 unspecified atom stereocenters. The van der Waals surface area contributed by atoms with Crippen molar-refractivity contribution in [1.29, 1.82) is 0 Å². The Labute approximate surface area is 192 Å². The van der Waals surface area contributed by atoms with Crippen LogP contribution in [0.1, 0.15) is 29.8 Å². The average Bonchev–Trinajstić information content (AvgIpc) is 2.79. The topological polar surface area (TPSA) is 111 Å². The van der Waals surface area contributed by atoms with Gasteiger partial charge in [0.1, 0.15) is 17.2 Å². The molecule has 0 aliphatic heterocycles. The summed E-state index contributed by atoms with van der Waals surface area (Å²) in [5, 5.41) is 5.90. The summed E-state index contributed by atoms with van der Waals surface area (Å²) in [4.78, 5) is 33.9. The van der Waals surface area contributed by atoms with Crippen molar-refractivity contribution in [2.75, 3.05) is 26.1 Å². The molecule has 3 N–H and O–H groups in total. The van der Waals surface area contributed by atoms with Gasteiger partial charge in [0.2, 0.25) is 0 Å². The summed E-state index contributed by atoms with van der Waals surface area (Å²) in [5.41, 5.74) is 4.87. The van der Waals surface area contributed by atoms with Gasteiger partial charge < -0.3 is 20.1 Å². The highest BCUT2D eigenvalue weighted by atomic mass is 16.7. The van der Waals surface area contributed by atoms with Gasteiger partial charge in [0.15, 0.2) is 0 Å². The summed E-state index contributed by atoms with van der Waals surface area (Å²) in [6.45, 7) is 6.23. The van der Waals surface area contributed by atoms with Gasteiger partial charge in [-0.3, -0.25) is 14.6 Å². The van der Waals surface area contributed by atoms with Crippen molar-refractivity contribution in [2.24, 2.45) is 5.92 Å². The number of rotatable bonds is 8. The summed E-state index contributed by atoms with van der Waals surface area (Å²) in [6.07, 6.45) is 1.62. The Balaban J connectivity index is 1.91. The largest absolute Gasteiger partial charge is 0.496 e. The number of hydrogen-bond donors (Lipinski definition) is 3. The van der Waals surface area contributed by atoms with Crippen LogP contribution in [0.15, 0.2) is 42.6 Å². The fraction of sp³-hybridized carbons (Fsp3) is 0.292. The quantitative estimate of drug-likeness (QED) is 0.437. The van der Waals surface area contributed by atoms with Crippen LogP contribution in [0.2, 0.25) is 0 Å². The van der Waals surface area contributed by atoms with Crippen molar-refractivity contribution in [3.63, 3.8) is 0 Å². The van der Waals surface area contributed by atoms with Gasteiger partial charge in [0.25, 0.3) is 5.91 Å². The maximum absolute atomic E-state index is 12.7. The molecule has 2 aromatic carbocycles. The number of amides is 3. The third-order valence-electron chi connectivity index (χ3n) is 4.75. The number of benzene rings is 2. The number of carbonyl (C=O) groups excluding carboxylic acids is 2. The molecule has 0 bridgehead atoms. The highest BCUT2D eigenvalue weighted by molar-refractivity contribution is 6.01. The number of ether oxygens (including phenoxy) is 2. The lowest BCUT2D eigenvalue weighted by molar-refractivity contribution is 0.0207. The number of carbonyl (C=O) groups is 2. The van der Waals surface area contributed by atoms with Crippen LogP contribution >= 0.6 is 0 Å². The Hall–Kier alpha value is -3.85. The van der Waals surface area contributed by atoms with Gasteiger partial charge in [0.05, 0.1) is 24.8 Å². The smallest absolute Gasteiger partial charge is 0.318 e. The number of pyridine rings is 1. The fourth-order valence-electron chi connectivity index (χ4n) is 3.06. The zero-order valence-corrected chi connectivity index (χ0v) is 19.3. The van der Waals surface area contributed by atoms with Crippen molar-refractivity contribution >= 4 is 28.5 Å². The van der Waals surface area contributed by atoms with Crippen LogP contribution in [-0.4, -0.2) is 37.7 Å². The molecule has 0 aliphatic rings. The number of methoxy groups -OCH3 is 1. The standard InChI is InChI=1S/C24H28N4O5/c1-14(2)13-32-28-23(29)18-11-17-20(12-22(18)31-5)26-9-8-21(17)33-16-6-7-19(15(3)10-16)27-24(30)25-4/h6-12,14H,13H2,1-5H3,(H,28,29)(H2,25,27,30). The minimum Gasteiger partial charge on any atom is -0.496 e. The lowest BCUT2D eigenvalue weighted by Crippen LogP contribution is -2.26. The van der Waals surface area contributed by atoms with Gasteiger partial charge in [0, 0.05) is 30.4 Å². The number of hydrogen-bond acceptors (Lipinski definition) is 6. The van der Waals surface area contributed by atoms with Gasteiger partial charge in [-0.2, -0.15) is 0 Å². The minimum atomic E-state index is -0.426. The molecule has 3 amide bonds. The number of hydroxylamine groups is 1. The molecule has 0 saturated heterocycles. The lowest BCUT2D eigenvalue weighted by atomic mass is 10.1. The van der Waals surface area contributed by atoms with Crippen LogP contribution < -0.4 is 25.6 Å². The van der Waals surface area contributed by atoms with E-state index in [4.69, 9.17) is 14.3 Å². The molecule has 0 saturated carbocycles. The van der Waals surface area contributed by atoms with Crippen LogP contribution in [-0.2, 0) is 4.84 Å². The van der Waals surface area contributed by atoms with E-state index in [0.717, 1.165) is 5.56 Å². The minimum absolute atomic E-state index is 0.273. The van der Waals surface area contributed by atoms with Crippen LogP contribution in [0, 0.1) is 12.8 Å². The predicted molar refractivity (Wildman–Crippen MR) is 126 cm³/mol. The van der Waals surface area contributed by atoms with Crippen LogP contribution in [0.3, 0.4) is 0 Å². The van der Waals surface area contributed by atoms with Crippen LogP contribution in [0.5, 0.6) is 17.2 Å². The molecule has 33 heavy (non-hydrogen) atoms. The first-order valence-corrected chi connectivity index (χ1v) is 10.5. The molecule has 1 heterocycles. The average molecular weight is 453 g/mol. The van der Waals surface area contributed by atoms with Gasteiger partial charge in [-0.25, -0.2) is 10.3 Å². The zero-order chi connectivity index (χ0) is 24.0. The second-order valence-electron chi connectivity index (χ2n) is 7.80. The number of nitrogens with zero attached hydrogens (tertiary/aromatic N) is 1. The number of aromatic nitrogens is 1. The molecule has 3 aromatic rings. The van der Waals surface area contributed by atoms with E-state index in [0.29, 0.717) is 46.0 Å². The van der Waals surface area contributed by atoms with Crippen molar-refractivity contribution in [3.05, 3.63) is 53.7 Å². The normalized spacial score (nSPS) is 10.7. The molecule has 1 aromatic heterocycles. The van der Waals surface area contributed by atoms with Gasteiger partial charge in [-0.15, -0.1) is 0 Å². The van der Waals surface area contributed by atoms with Crippen LogP contribution in [0.25, 0.3) is 10.9 Å². The predicted octanol–water partition coefficient (Wildman–Crippen LogP) is 4.41. The Morgan fingerprint density at radius 3 is 2.55 bits per heavy atom. The maximum atomic E-state index is 12.7. The van der Waals surface area contributed by atoms with E-state index in [9.17, 15) is 9.59 Å². The van der Waals surface area contributed by atoms with E-state index in [2.05, 4.69) is 21.1 Å². The van der Waals surface area contributed by atoms with E-state index >= 15 is 0 Å². The Bertz CT molecular complexity index is 1160. The Morgan fingerprint density at radius 2 is 1.88 bits per heavy atom. The van der Waals surface area contributed by atoms with Gasteiger partial charge in [-0.05, 0) is 48.7 Å². The van der Waals surface area contributed by atoms with Crippen molar-refractivity contribution < 1.29 is 23.9 Å². The molecular weight excluding hydrogens is 424 g/mol. The van der Waals surface area contributed by atoms with Gasteiger partial charge >= 0.3 is 6.03 Å². The highest BCUT2D eigenvalue weighted by Gasteiger charge is 2.17. The zero-order valence-electron chi connectivity index (χ0n) is 19.3. The first-order chi connectivity index (χ1) is 15.8. The highest BCUT2D eigenvalue weighted by Crippen LogP contribution is 2.34. The summed E-state index contributed by atoms with van der Waals surface area (Å²) >= 11 is 0. The second kappa shape index (κ2) is 10.6. The molecule has 0 atom stereocenters. The Morgan fingerprint density at radius 1 is 1.09 bits per heavy atom. The number of fused-ring (bicyclic) bond motifs is 1. The van der Waals surface area contributed by atoms with E-state index < -0.39 is 5.91 Å². The van der Waals surface area contributed by atoms with Crippen molar-refractivity contribution in [2.45, 2.75) is 20.8 Å². The maximum Gasteiger partial charge on any atom is 0.318 e. The second-order valence-corrected chi connectivity index (χ2v) is 7.80. The van der Waals surface area contributed by atoms with E-state index in [1.807, 2.05) is 26.8 Å². The van der Waals surface area contributed by atoms with Crippen LogP contribution in [0.4, 0.5) is 10.5 Å². The van der Waals surface area contributed by atoms with E-state index in [1.165, 1.54) is 7.11 Å². The van der Waals surface area contributed by atoms with Crippen molar-refractivity contribution in [3.8, 4) is 17.2 Å². The van der Waals surface area contributed by atoms with Gasteiger partial charge in [-0.1, -0.05) is 13.8 Å². The summed E-state index contributed by atoms with van der Waals surface area (Å²) in [6, 6.07) is 10.1. The molecule has 3 rings (SSSR count). The summed E-state index contributed by atoms with van der Waals surface area (Å²) in [5.74, 6) is 1.31. The third-order valence-corrected chi connectivity index (χ3v) is 4.75. The number of aryl methyl sites for hydroxylation is 1. The number of urea groups is 1. The molecule has 9 nitrogen and oxygen atoms in total. The number of anilines is 1. The fourth-order valence-corrected chi connectivity index (χ4v) is 3.06. The monoisotopic (exact) mass is 452 g/mol. The van der Waals surface area contributed by atoms with E-state index in [-0.39, 0.29) is 11.9 Å². The molecule has 0 fully saturated rings. The number of nitrogens with one attached hydrogen (secondary N) is 3. The molecule has 9 heteroatoms. The third kappa shape index (κ3) is 5.89. The molecule has 0 aliphatic carbocycles. The molecule has 0 spiro atoms. The first kappa shape index (κ1) is 23.8. The Kier molecular flexibility index (Phi) is 7.68.